The molecule has 0 aliphatic carbocycles. The van der Waals surface area contributed by atoms with Crippen LogP contribution in [0, 0.1) is 10.1 Å². The number of aromatic nitrogens is 4. The minimum atomic E-state index is -0.484. The molecule has 2 heterocycles. The number of nitrogens with two attached hydrogens (primary N) is 1. The zero-order chi connectivity index (χ0) is 28.9. The first-order chi connectivity index (χ1) is 19.4. The maximum Gasteiger partial charge on any atom is 0.311 e. The van der Waals surface area contributed by atoms with Crippen LogP contribution >= 0.6 is 0 Å². The lowest BCUT2D eigenvalue weighted by atomic mass is 10.1. The van der Waals surface area contributed by atoms with Gasteiger partial charge in [-0.2, -0.15) is 9.97 Å². The predicted molar refractivity (Wildman–Crippen MR) is 151 cm³/mol. The van der Waals surface area contributed by atoms with Crippen molar-refractivity contribution in [3.8, 4) is 11.5 Å². The number of rotatable bonds is 11. The van der Waals surface area contributed by atoms with Gasteiger partial charge in [-0.15, -0.1) is 0 Å². The van der Waals surface area contributed by atoms with Gasteiger partial charge in [0.05, 0.1) is 24.8 Å². The zero-order valence-electron chi connectivity index (χ0n) is 22.9. The van der Waals surface area contributed by atoms with E-state index in [0.717, 1.165) is 37.1 Å². The van der Waals surface area contributed by atoms with Crippen LogP contribution in [-0.2, 0) is 12.8 Å². The van der Waals surface area contributed by atoms with Gasteiger partial charge in [0.15, 0.2) is 17.4 Å². The summed E-state index contributed by atoms with van der Waals surface area (Å²) in [4.78, 5) is 18.9. The molecule has 0 unspecified atom stereocenters. The van der Waals surface area contributed by atoms with Gasteiger partial charge >= 0.3 is 5.69 Å². The third kappa shape index (κ3) is 8.51. The van der Waals surface area contributed by atoms with E-state index in [1.165, 1.54) is 13.2 Å². The standard InChI is InChI=1S/C14H15N3O4.C14H17N3O2/c1-3-4-13-15-14(21-16-13)8-6-10-5-7-12(20-2)11(9-10)17(18)19;1-3-4-13-16-14(19-17-13)8-6-10-5-7-12(18-2)11(15)9-10/h5-9H,3-4H2,1-2H3;5-9H,3-4,15H2,1-2H3. The normalized spacial score (nSPS) is 11.0. The average molecular weight is 549 g/mol. The third-order valence-electron chi connectivity index (χ3n) is 5.40. The monoisotopic (exact) mass is 548 g/mol. The van der Waals surface area contributed by atoms with Crippen LogP contribution in [0.4, 0.5) is 11.4 Å². The minimum Gasteiger partial charge on any atom is -0.495 e. The van der Waals surface area contributed by atoms with Gasteiger partial charge in [0.25, 0.3) is 11.8 Å². The topological polar surface area (TPSA) is 165 Å². The molecule has 2 N–H and O–H groups in total. The fraction of sp³-hybridized carbons (Fsp3) is 0.286. The first kappa shape index (κ1) is 29.6. The molecule has 2 aromatic carbocycles. The molecule has 12 nitrogen and oxygen atoms in total. The van der Waals surface area contributed by atoms with Crippen LogP contribution in [0.25, 0.3) is 24.3 Å². The van der Waals surface area contributed by atoms with Crippen molar-refractivity contribution in [1.82, 2.24) is 20.3 Å². The van der Waals surface area contributed by atoms with E-state index in [4.69, 9.17) is 24.3 Å². The summed E-state index contributed by atoms with van der Waals surface area (Å²) in [6.07, 6.45) is 10.5. The molecule has 0 spiro atoms. The first-order valence-corrected chi connectivity index (χ1v) is 12.6. The van der Waals surface area contributed by atoms with E-state index in [1.54, 1.807) is 37.5 Å². The summed E-state index contributed by atoms with van der Waals surface area (Å²) in [7, 11) is 2.99. The summed E-state index contributed by atoms with van der Waals surface area (Å²) in [6.45, 7) is 4.11. The number of hydrogen-bond acceptors (Lipinski definition) is 11. The molecule has 0 atom stereocenters. The Kier molecular flexibility index (Phi) is 10.9. The Labute approximate surface area is 231 Å². The molecule has 40 heavy (non-hydrogen) atoms. The number of anilines is 1. The molecule has 0 aliphatic heterocycles. The lowest BCUT2D eigenvalue weighted by Gasteiger charge is -2.04. The van der Waals surface area contributed by atoms with Crippen molar-refractivity contribution in [3.63, 3.8) is 0 Å². The van der Waals surface area contributed by atoms with Crippen molar-refractivity contribution >= 4 is 35.7 Å². The number of aryl methyl sites for hydroxylation is 2. The molecule has 12 heteroatoms. The Morgan fingerprint density at radius 2 is 1.32 bits per heavy atom. The van der Waals surface area contributed by atoms with Crippen LogP contribution in [0.15, 0.2) is 45.4 Å². The predicted octanol–water partition coefficient (Wildman–Crippen LogP) is 5.89. The van der Waals surface area contributed by atoms with Crippen molar-refractivity contribution in [3.05, 3.63) is 81.1 Å². The van der Waals surface area contributed by atoms with Gasteiger partial charge in [-0.3, -0.25) is 10.1 Å². The molecular weight excluding hydrogens is 516 g/mol. The maximum atomic E-state index is 10.9. The Morgan fingerprint density at radius 1 is 0.825 bits per heavy atom. The summed E-state index contributed by atoms with van der Waals surface area (Å²) in [6, 6.07) is 10.3. The number of ether oxygens (including phenoxy) is 2. The summed E-state index contributed by atoms with van der Waals surface area (Å²) >= 11 is 0. The van der Waals surface area contributed by atoms with Gasteiger partial charge in [0.1, 0.15) is 5.75 Å². The fourth-order valence-corrected chi connectivity index (χ4v) is 3.47. The molecule has 0 amide bonds. The van der Waals surface area contributed by atoms with Crippen LogP contribution < -0.4 is 15.2 Å². The van der Waals surface area contributed by atoms with Gasteiger partial charge in [0, 0.05) is 31.1 Å². The molecule has 0 saturated heterocycles. The van der Waals surface area contributed by atoms with Gasteiger partial charge in [-0.05, 0) is 54.3 Å². The number of nitrogen functional groups attached to an aromatic ring is 1. The molecule has 2 aromatic heterocycles. The van der Waals surface area contributed by atoms with Crippen molar-refractivity contribution in [2.24, 2.45) is 0 Å². The number of benzene rings is 2. The van der Waals surface area contributed by atoms with E-state index >= 15 is 0 Å². The quantitative estimate of drug-likeness (QED) is 0.135. The highest BCUT2D eigenvalue weighted by molar-refractivity contribution is 5.70. The molecule has 210 valence electrons. The van der Waals surface area contributed by atoms with E-state index in [9.17, 15) is 10.1 Å². The van der Waals surface area contributed by atoms with Gasteiger partial charge in [-0.25, -0.2) is 0 Å². The highest BCUT2D eigenvalue weighted by Gasteiger charge is 2.14. The fourth-order valence-electron chi connectivity index (χ4n) is 3.47. The molecule has 0 bridgehead atoms. The van der Waals surface area contributed by atoms with E-state index in [-0.39, 0.29) is 11.4 Å². The lowest BCUT2D eigenvalue weighted by molar-refractivity contribution is -0.385. The van der Waals surface area contributed by atoms with E-state index < -0.39 is 4.92 Å². The third-order valence-corrected chi connectivity index (χ3v) is 5.40. The lowest BCUT2D eigenvalue weighted by Crippen LogP contribution is -1.93. The van der Waals surface area contributed by atoms with Crippen LogP contribution in [0.3, 0.4) is 0 Å². The second-order valence-corrected chi connectivity index (χ2v) is 8.45. The van der Waals surface area contributed by atoms with Gasteiger partial charge in [-0.1, -0.05) is 36.3 Å². The largest absolute Gasteiger partial charge is 0.495 e. The van der Waals surface area contributed by atoms with Crippen LogP contribution in [-0.4, -0.2) is 39.4 Å². The van der Waals surface area contributed by atoms with Crippen LogP contribution in [0.1, 0.15) is 61.2 Å². The second kappa shape index (κ2) is 14.8. The SMILES string of the molecule is CCCc1noc(C=Cc2ccc(OC)c(N)c2)n1.CCCc1noc(C=Cc2ccc(OC)c([N+](=O)[O-])c2)n1. The van der Waals surface area contributed by atoms with Gasteiger partial charge < -0.3 is 24.3 Å². The number of nitrogens with zero attached hydrogens (tertiary/aromatic N) is 5. The highest BCUT2D eigenvalue weighted by Crippen LogP contribution is 2.28. The molecular formula is C28H32N6O6. The average Bonchev–Trinajstić information content (AvgIpc) is 3.60. The highest BCUT2D eigenvalue weighted by atomic mass is 16.6. The van der Waals surface area contributed by atoms with Gasteiger partial charge in [0.2, 0.25) is 0 Å². The summed E-state index contributed by atoms with van der Waals surface area (Å²) < 4.78 is 20.2. The van der Waals surface area contributed by atoms with Crippen molar-refractivity contribution in [1.29, 1.82) is 0 Å². The molecule has 0 aliphatic rings. The zero-order valence-corrected chi connectivity index (χ0v) is 22.9. The maximum absolute atomic E-state index is 10.9. The molecule has 4 aromatic rings. The number of methoxy groups -OCH3 is 2. The van der Waals surface area contributed by atoms with Crippen LogP contribution in [0.5, 0.6) is 11.5 Å². The Bertz CT molecular complexity index is 1460. The Balaban J connectivity index is 0.000000222. The van der Waals surface area contributed by atoms with Crippen LogP contribution in [0.2, 0.25) is 0 Å². The molecule has 0 fully saturated rings. The second-order valence-electron chi connectivity index (χ2n) is 8.45. The number of nitro groups is 1. The Hall–Kier alpha value is -5.00. The van der Waals surface area contributed by atoms with E-state index in [2.05, 4.69) is 27.2 Å². The summed E-state index contributed by atoms with van der Waals surface area (Å²) in [5, 5.41) is 18.6. The smallest absolute Gasteiger partial charge is 0.311 e. The molecule has 0 saturated carbocycles. The van der Waals surface area contributed by atoms with Crippen molar-refractivity contribution in [2.75, 3.05) is 20.0 Å². The van der Waals surface area contributed by atoms with Crippen molar-refractivity contribution < 1.29 is 23.4 Å². The number of hydrogen-bond donors (Lipinski definition) is 1. The molecule has 4 rings (SSSR count). The van der Waals surface area contributed by atoms with Crippen molar-refractivity contribution in [2.45, 2.75) is 39.5 Å². The first-order valence-electron chi connectivity index (χ1n) is 12.6. The minimum absolute atomic E-state index is 0.0862. The van der Waals surface area contributed by atoms with E-state index in [0.29, 0.717) is 34.6 Å². The molecule has 0 radical (unpaired) electrons. The number of nitro benzene ring substituents is 1. The van der Waals surface area contributed by atoms with E-state index in [1.807, 2.05) is 31.2 Å². The summed E-state index contributed by atoms with van der Waals surface area (Å²) in [5.41, 5.74) is 7.95. The Morgan fingerprint density at radius 3 is 1.77 bits per heavy atom. The summed E-state index contributed by atoms with van der Waals surface area (Å²) in [5.74, 6) is 3.14.